The van der Waals surface area contributed by atoms with Gasteiger partial charge in [-0.15, -0.1) is 0 Å². The SMILES string of the molecule is Cc1cc(O)ccc1N1C(=O)c2c(F)c(F)c(F)c(F)c2C1=O. The largest absolute Gasteiger partial charge is 0.508 e. The first-order chi connectivity index (χ1) is 10.8. The molecule has 3 rings (SSSR count). The minimum Gasteiger partial charge on any atom is -0.508 e. The quantitative estimate of drug-likeness (QED) is 0.379. The number of anilines is 1. The predicted octanol–water partition coefficient (Wildman–Crippen LogP) is 3.06. The molecule has 0 radical (unpaired) electrons. The standard InChI is InChI=1S/C15H7F4NO3/c1-5-4-6(21)2-3-7(5)20-14(22)8-9(15(20)23)11(17)13(19)12(18)10(8)16/h2-4,21H,1H3. The summed E-state index contributed by atoms with van der Waals surface area (Å²) < 4.78 is 54.2. The number of aryl methyl sites for hydroxylation is 1. The third-order valence-corrected chi connectivity index (χ3v) is 3.52. The van der Waals surface area contributed by atoms with Crippen molar-refractivity contribution in [1.29, 1.82) is 0 Å². The van der Waals surface area contributed by atoms with Crippen LogP contribution in [0.15, 0.2) is 18.2 Å². The molecule has 118 valence electrons. The second kappa shape index (κ2) is 4.80. The summed E-state index contributed by atoms with van der Waals surface area (Å²) in [5.74, 6) is -10.9. The molecule has 0 unspecified atom stereocenters. The van der Waals surface area contributed by atoms with Crippen molar-refractivity contribution in [2.45, 2.75) is 6.92 Å². The molecule has 0 aliphatic carbocycles. The number of imide groups is 1. The van der Waals surface area contributed by atoms with Gasteiger partial charge in [0.05, 0.1) is 16.8 Å². The number of fused-ring (bicyclic) bond motifs is 1. The Kier molecular flexibility index (Phi) is 3.13. The van der Waals surface area contributed by atoms with Crippen molar-refractivity contribution in [1.82, 2.24) is 0 Å². The van der Waals surface area contributed by atoms with Crippen LogP contribution in [0.5, 0.6) is 5.75 Å². The first-order valence-electron chi connectivity index (χ1n) is 6.30. The molecule has 4 nitrogen and oxygen atoms in total. The van der Waals surface area contributed by atoms with Crippen molar-refractivity contribution >= 4 is 17.5 Å². The summed E-state index contributed by atoms with van der Waals surface area (Å²) in [6.07, 6.45) is 0. The van der Waals surface area contributed by atoms with Gasteiger partial charge in [0.1, 0.15) is 5.75 Å². The molecule has 23 heavy (non-hydrogen) atoms. The summed E-state index contributed by atoms with van der Waals surface area (Å²) in [5.41, 5.74) is -2.12. The molecule has 1 heterocycles. The molecule has 1 aliphatic heterocycles. The Morgan fingerprint density at radius 2 is 1.35 bits per heavy atom. The van der Waals surface area contributed by atoms with E-state index in [1.165, 1.54) is 19.1 Å². The highest BCUT2D eigenvalue weighted by Gasteiger charge is 2.45. The van der Waals surface area contributed by atoms with Crippen LogP contribution in [0.3, 0.4) is 0 Å². The second-order valence-corrected chi connectivity index (χ2v) is 4.92. The minimum absolute atomic E-state index is 0.0615. The third-order valence-electron chi connectivity index (χ3n) is 3.52. The molecule has 2 amide bonds. The number of phenolic OH excluding ortho intramolecular Hbond substituents is 1. The van der Waals surface area contributed by atoms with Crippen LogP contribution in [-0.2, 0) is 0 Å². The fourth-order valence-electron chi connectivity index (χ4n) is 2.46. The van der Waals surface area contributed by atoms with Gasteiger partial charge < -0.3 is 5.11 Å². The van der Waals surface area contributed by atoms with Gasteiger partial charge >= 0.3 is 0 Å². The van der Waals surface area contributed by atoms with E-state index in [2.05, 4.69) is 0 Å². The fraction of sp³-hybridized carbons (Fsp3) is 0.0667. The Morgan fingerprint density at radius 1 is 0.870 bits per heavy atom. The van der Waals surface area contributed by atoms with Crippen LogP contribution in [0.25, 0.3) is 0 Å². The van der Waals surface area contributed by atoms with Gasteiger partial charge in [0.2, 0.25) is 0 Å². The number of nitrogens with zero attached hydrogens (tertiary/aromatic N) is 1. The summed E-state index contributed by atoms with van der Waals surface area (Å²) in [4.78, 5) is 24.9. The number of hydrogen-bond donors (Lipinski definition) is 1. The van der Waals surface area contributed by atoms with E-state index >= 15 is 0 Å². The lowest BCUT2D eigenvalue weighted by Gasteiger charge is -2.16. The number of rotatable bonds is 1. The number of carbonyl (C=O) groups is 2. The van der Waals surface area contributed by atoms with Crippen LogP contribution in [0.4, 0.5) is 23.2 Å². The molecule has 1 N–H and O–H groups in total. The van der Waals surface area contributed by atoms with Gasteiger partial charge in [0, 0.05) is 0 Å². The lowest BCUT2D eigenvalue weighted by molar-refractivity contribution is 0.0923. The van der Waals surface area contributed by atoms with Crippen molar-refractivity contribution in [2.75, 3.05) is 4.90 Å². The second-order valence-electron chi connectivity index (χ2n) is 4.92. The lowest BCUT2D eigenvalue weighted by Crippen LogP contribution is -2.30. The molecule has 0 bridgehead atoms. The molecule has 0 saturated heterocycles. The molecule has 0 spiro atoms. The Hall–Kier alpha value is -2.90. The van der Waals surface area contributed by atoms with Crippen LogP contribution >= 0.6 is 0 Å². The first-order valence-corrected chi connectivity index (χ1v) is 6.30. The zero-order valence-electron chi connectivity index (χ0n) is 11.5. The molecule has 0 atom stereocenters. The first kappa shape index (κ1) is 15.0. The number of amides is 2. The maximum atomic E-state index is 13.8. The van der Waals surface area contributed by atoms with Crippen LogP contribution < -0.4 is 4.90 Å². The number of benzene rings is 2. The zero-order chi connectivity index (χ0) is 17.0. The van der Waals surface area contributed by atoms with Gasteiger partial charge in [0.15, 0.2) is 23.3 Å². The molecular formula is C15H7F4NO3. The van der Waals surface area contributed by atoms with E-state index in [4.69, 9.17) is 0 Å². The molecule has 2 aromatic carbocycles. The number of hydrogen-bond acceptors (Lipinski definition) is 3. The predicted molar refractivity (Wildman–Crippen MR) is 70.3 cm³/mol. The van der Waals surface area contributed by atoms with E-state index in [0.717, 1.165) is 6.07 Å². The van der Waals surface area contributed by atoms with Gasteiger partial charge in [-0.3, -0.25) is 9.59 Å². The number of carbonyl (C=O) groups excluding carboxylic acids is 2. The smallest absolute Gasteiger partial charge is 0.269 e. The van der Waals surface area contributed by atoms with E-state index in [9.17, 15) is 32.3 Å². The Balaban J connectivity index is 2.26. The average molecular weight is 325 g/mol. The Morgan fingerprint density at radius 3 is 1.78 bits per heavy atom. The zero-order valence-corrected chi connectivity index (χ0v) is 11.5. The van der Waals surface area contributed by atoms with Gasteiger partial charge in [0.25, 0.3) is 11.8 Å². The van der Waals surface area contributed by atoms with Crippen LogP contribution in [0, 0.1) is 30.2 Å². The summed E-state index contributed by atoms with van der Waals surface area (Å²) in [7, 11) is 0. The van der Waals surface area contributed by atoms with Crippen molar-refractivity contribution < 1.29 is 32.3 Å². The highest BCUT2D eigenvalue weighted by molar-refractivity contribution is 6.34. The van der Waals surface area contributed by atoms with Crippen molar-refractivity contribution in [3.05, 3.63) is 58.2 Å². The van der Waals surface area contributed by atoms with Gasteiger partial charge in [-0.1, -0.05) is 0 Å². The summed E-state index contributed by atoms with van der Waals surface area (Å²) in [6.45, 7) is 1.44. The van der Waals surface area contributed by atoms with Crippen molar-refractivity contribution in [3.63, 3.8) is 0 Å². The van der Waals surface area contributed by atoms with Gasteiger partial charge in [-0.25, -0.2) is 22.5 Å². The van der Waals surface area contributed by atoms with Crippen molar-refractivity contribution in [2.24, 2.45) is 0 Å². The van der Waals surface area contributed by atoms with Crippen LogP contribution in [0.2, 0.25) is 0 Å². The summed E-state index contributed by atoms with van der Waals surface area (Å²) >= 11 is 0. The third kappa shape index (κ3) is 1.91. The van der Waals surface area contributed by atoms with Crippen molar-refractivity contribution in [3.8, 4) is 5.75 Å². The van der Waals surface area contributed by atoms with E-state index in [0.29, 0.717) is 4.90 Å². The fourth-order valence-corrected chi connectivity index (χ4v) is 2.46. The molecule has 2 aromatic rings. The lowest BCUT2D eigenvalue weighted by atomic mass is 10.1. The highest BCUT2D eigenvalue weighted by Crippen LogP contribution is 2.36. The minimum atomic E-state index is -2.16. The topological polar surface area (TPSA) is 57.6 Å². The molecule has 0 fully saturated rings. The molecule has 0 saturated carbocycles. The highest BCUT2D eigenvalue weighted by atomic mass is 19.2. The molecule has 1 aliphatic rings. The van der Waals surface area contributed by atoms with Gasteiger partial charge in [-0.2, -0.15) is 0 Å². The molecule has 8 heteroatoms. The average Bonchev–Trinajstić information content (AvgIpc) is 2.75. The van der Waals surface area contributed by atoms with E-state index in [1.807, 2.05) is 0 Å². The summed E-state index contributed by atoms with van der Waals surface area (Å²) in [6, 6.07) is 3.54. The monoisotopic (exact) mass is 325 g/mol. The maximum Gasteiger partial charge on any atom is 0.269 e. The van der Waals surface area contributed by atoms with E-state index in [-0.39, 0.29) is 17.0 Å². The summed E-state index contributed by atoms with van der Waals surface area (Å²) in [5, 5.41) is 9.34. The Labute approximate surface area is 126 Å². The van der Waals surface area contributed by atoms with Crippen LogP contribution in [0.1, 0.15) is 26.3 Å². The van der Waals surface area contributed by atoms with Gasteiger partial charge in [-0.05, 0) is 30.7 Å². The molecular weight excluding hydrogens is 318 g/mol. The maximum absolute atomic E-state index is 13.8. The van der Waals surface area contributed by atoms with Crippen LogP contribution in [-0.4, -0.2) is 16.9 Å². The number of phenols is 1. The number of halogens is 4. The normalized spacial score (nSPS) is 13.7. The molecule has 0 aromatic heterocycles. The van der Waals surface area contributed by atoms with E-state index < -0.39 is 46.2 Å². The number of aromatic hydroxyl groups is 1. The van der Waals surface area contributed by atoms with E-state index in [1.54, 1.807) is 0 Å². The Bertz CT molecular complexity index is 848.